The predicted molar refractivity (Wildman–Crippen MR) is 93.9 cm³/mol. The van der Waals surface area contributed by atoms with Crippen molar-refractivity contribution in [2.75, 3.05) is 5.32 Å². The lowest BCUT2D eigenvalue weighted by atomic mass is 10.1. The van der Waals surface area contributed by atoms with Gasteiger partial charge in [0.1, 0.15) is 10.7 Å². The number of pyridine rings is 1. The van der Waals surface area contributed by atoms with E-state index in [1.54, 1.807) is 24.5 Å². The van der Waals surface area contributed by atoms with Gasteiger partial charge in [0, 0.05) is 6.20 Å². The fourth-order valence-corrected chi connectivity index (χ4v) is 2.89. The van der Waals surface area contributed by atoms with E-state index in [2.05, 4.69) is 15.4 Å². The molecule has 0 bridgehead atoms. The molecule has 0 saturated heterocycles. The highest BCUT2D eigenvalue weighted by atomic mass is 32.2. The molecule has 2 N–H and O–H groups in total. The number of carbonyl (C=O) groups is 1. The molecule has 0 radical (unpaired) electrons. The summed E-state index contributed by atoms with van der Waals surface area (Å²) in [6.45, 7) is 1.83. The highest BCUT2D eigenvalue weighted by Gasteiger charge is 2.15. The maximum Gasteiger partial charge on any atom is 0.228 e. The molecule has 0 spiro atoms. The van der Waals surface area contributed by atoms with Crippen LogP contribution in [-0.2, 0) is 22.3 Å². The number of hydrogen-bond acceptors (Lipinski definition) is 4. The van der Waals surface area contributed by atoms with Crippen LogP contribution in [0.2, 0.25) is 0 Å². The summed E-state index contributed by atoms with van der Waals surface area (Å²) in [6, 6.07) is 7.32. The molecule has 0 aliphatic carbocycles. The van der Waals surface area contributed by atoms with Crippen molar-refractivity contribution in [2.45, 2.75) is 18.2 Å². The second kappa shape index (κ2) is 7.54. The van der Waals surface area contributed by atoms with Gasteiger partial charge in [0.05, 0.1) is 24.5 Å². The summed E-state index contributed by atoms with van der Waals surface area (Å²) in [5, 5.41) is 6.62. The van der Waals surface area contributed by atoms with Crippen molar-refractivity contribution in [2.24, 2.45) is 0 Å². The standard InChI is InChI=1S/C17H15FN4O3S/c1-11-8-20-22(10-11)17-15(26(24)25)7-13(9-19-17)21-16(23)6-12-4-2-3-5-14(12)18/h2-5,7-10H,6H2,1H3,(H,21,23)(H,24,25). The van der Waals surface area contributed by atoms with Crippen molar-refractivity contribution in [1.29, 1.82) is 0 Å². The number of anilines is 1. The average molecular weight is 374 g/mol. The van der Waals surface area contributed by atoms with Gasteiger partial charge < -0.3 is 9.87 Å². The van der Waals surface area contributed by atoms with E-state index in [9.17, 15) is 17.9 Å². The third-order valence-electron chi connectivity index (χ3n) is 3.54. The lowest BCUT2D eigenvalue weighted by Gasteiger charge is -2.10. The van der Waals surface area contributed by atoms with Crippen LogP contribution in [0.3, 0.4) is 0 Å². The van der Waals surface area contributed by atoms with Gasteiger partial charge in [-0.15, -0.1) is 0 Å². The third kappa shape index (κ3) is 4.01. The van der Waals surface area contributed by atoms with Crippen molar-refractivity contribution in [3.05, 3.63) is 65.9 Å². The van der Waals surface area contributed by atoms with Gasteiger partial charge in [0.15, 0.2) is 16.9 Å². The normalized spacial score (nSPS) is 12.0. The number of rotatable bonds is 5. The van der Waals surface area contributed by atoms with E-state index in [4.69, 9.17) is 0 Å². The van der Waals surface area contributed by atoms with Gasteiger partial charge in [-0.25, -0.2) is 18.3 Å². The Morgan fingerprint density at radius 1 is 1.35 bits per heavy atom. The minimum atomic E-state index is -2.33. The summed E-state index contributed by atoms with van der Waals surface area (Å²) in [7, 11) is 0. The Balaban J connectivity index is 1.82. The van der Waals surface area contributed by atoms with E-state index in [1.165, 1.54) is 29.1 Å². The van der Waals surface area contributed by atoms with E-state index in [-0.39, 0.29) is 28.4 Å². The molecule has 134 valence electrons. The fraction of sp³-hybridized carbons (Fsp3) is 0.118. The Morgan fingerprint density at radius 2 is 2.12 bits per heavy atom. The Hall–Kier alpha value is -2.91. The maximum atomic E-state index is 13.6. The smallest absolute Gasteiger partial charge is 0.228 e. The second-order valence-corrected chi connectivity index (χ2v) is 6.51. The summed E-state index contributed by atoms with van der Waals surface area (Å²) in [5.74, 6) is -0.748. The van der Waals surface area contributed by atoms with Crippen molar-refractivity contribution in [3.8, 4) is 5.82 Å². The topological polar surface area (TPSA) is 97.1 Å². The van der Waals surface area contributed by atoms with Crippen LogP contribution in [0.4, 0.5) is 10.1 Å². The molecule has 1 atom stereocenters. The van der Waals surface area contributed by atoms with Crippen molar-refractivity contribution in [3.63, 3.8) is 0 Å². The number of halogens is 1. The number of nitrogens with zero attached hydrogens (tertiary/aromatic N) is 3. The van der Waals surface area contributed by atoms with Crippen LogP contribution in [-0.4, -0.2) is 29.4 Å². The quantitative estimate of drug-likeness (QED) is 0.669. The summed E-state index contributed by atoms with van der Waals surface area (Å²) in [5.41, 5.74) is 1.35. The van der Waals surface area contributed by atoms with Crippen LogP contribution in [0.5, 0.6) is 0 Å². The molecule has 2 aromatic heterocycles. The number of aryl methyl sites for hydroxylation is 1. The zero-order chi connectivity index (χ0) is 18.7. The van der Waals surface area contributed by atoms with Crippen LogP contribution in [0.15, 0.2) is 53.8 Å². The number of benzene rings is 1. The highest BCUT2D eigenvalue weighted by Crippen LogP contribution is 2.20. The minimum Gasteiger partial charge on any atom is -0.324 e. The molecular formula is C17H15FN4O3S. The number of aromatic nitrogens is 3. The van der Waals surface area contributed by atoms with Gasteiger partial charge in [-0.2, -0.15) is 5.10 Å². The second-order valence-electron chi connectivity index (χ2n) is 5.57. The van der Waals surface area contributed by atoms with E-state index in [1.807, 2.05) is 6.92 Å². The van der Waals surface area contributed by atoms with E-state index in [0.29, 0.717) is 0 Å². The van der Waals surface area contributed by atoms with Crippen LogP contribution in [0.1, 0.15) is 11.1 Å². The van der Waals surface area contributed by atoms with Crippen molar-refractivity contribution < 1.29 is 17.9 Å². The molecule has 1 unspecified atom stereocenters. The summed E-state index contributed by atoms with van der Waals surface area (Å²) >= 11 is -2.33. The summed E-state index contributed by atoms with van der Waals surface area (Å²) < 4.78 is 36.2. The van der Waals surface area contributed by atoms with Crippen LogP contribution < -0.4 is 5.32 Å². The molecule has 0 aliphatic heterocycles. The molecule has 1 amide bonds. The van der Waals surface area contributed by atoms with Gasteiger partial charge in [0.2, 0.25) is 5.91 Å². The summed E-state index contributed by atoms with van der Waals surface area (Å²) in [6.07, 6.45) is 4.44. The number of nitrogens with one attached hydrogen (secondary N) is 1. The van der Waals surface area contributed by atoms with E-state index < -0.39 is 22.8 Å². The zero-order valence-corrected chi connectivity index (χ0v) is 14.5. The largest absolute Gasteiger partial charge is 0.324 e. The first-order chi connectivity index (χ1) is 12.4. The third-order valence-corrected chi connectivity index (χ3v) is 4.22. The summed E-state index contributed by atoms with van der Waals surface area (Å²) in [4.78, 5) is 16.2. The maximum absolute atomic E-state index is 13.6. The predicted octanol–water partition coefficient (Wildman–Crippen LogP) is 2.48. The molecule has 9 heteroatoms. The van der Waals surface area contributed by atoms with Crippen LogP contribution in [0.25, 0.3) is 5.82 Å². The molecule has 0 aliphatic rings. The molecule has 2 heterocycles. The monoisotopic (exact) mass is 374 g/mol. The first-order valence-corrected chi connectivity index (χ1v) is 8.70. The number of carbonyl (C=O) groups excluding carboxylic acids is 1. The van der Waals surface area contributed by atoms with Gasteiger partial charge >= 0.3 is 0 Å². The first kappa shape index (κ1) is 17.9. The Bertz CT molecular complexity index is 990. The molecule has 26 heavy (non-hydrogen) atoms. The van der Waals surface area contributed by atoms with Gasteiger partial charge in [-0.3, -0.25) is 4.79 Å². The Labute approximate surface area is 151 Å². The molecule has 3 aromatic rings. The van der Waals surface area contributed by atoms with Gasteiger partial charge in [-0.1, -0.05) is 18.2 Å². The molecule has 0 saturated carbocycles. The molecule has 3 rings (SSSR count). The van der Waals surface area contributed by atoms with Crippen molar-refractivity contribution >= 4 is 22.7 Å². The lowest BCUT2D eigenvalue weighted by Crippen LogP contribution is -2.16. The SMILES string of the molecule is Cc1cnn(-c2ncc(NC(=O)Cc3ccccc3F)cc2S(=O)O)c1. The first-order valence-electron chi connectivity index (χ1n) is 7.60. The van der Waals surface area contributed by atoms with Crippen LogP contribution >= 0.6 is 0 Å². The number of hydrogen-bond donors (Lipinski definition) is 2. The Morgan fingerprint density at radius 3 is 2.77 bits per heavy atom. The average Bonchev–Trinajstić information content (AvgIpc) is 3.03. The van der Waals surface area contributed by atoms with E-state index in [0.717, 1.165) is 5.56 Å². The highest BCUT2D eigenvalue weighted by molar-refractivity contribution is 7.79. The van der Waals surface area contributed by atoms with Gasteiger partial charge in [-0.05, 0) is 30.2 Å². The molecular weight excluding hydrogens is 359 g/mol. The Kier molecular flexibility index (Phi) is 5.19. The molecule has 7 nitrogen and oxygen atoms in total. The molecule has 1 aromatic carbocycles. The van der Waals surface area contributed by atoms with Gasteiger partial charge in [0.25, 0.3) is 0 Å². The lowest BCUT2D eigenvalue weighted by molar-refractivity contribution is -0.115. The fourth-order valence-electron chi connectivity index (χ4n) is 2.35. The number of amides is 1. The molecule has 0 fully saturated rings. The van der Waals surface area contributed by atoms with Crippen LogP contribution in [0, 0.1) is 12.7 Å². The van der Waals surface area contributed by atoms with Crippen molar-refractivity contribution in [1.82, 2.24) is 14.8 Å². The van der Waals surface area contributed by atoms with E-state index >= 15 is 0 Å². The minimum absolute atomic E-state index is 0.00297. The zero-order valence-electron chi connectivity index (χ0n) is 13.7.